The fourth-order valence-electron chi connectivity index (χ4n) is 6.15. The smallest absolute Gasteiger partial charge is 0.227 e. The SMILES string of the molecule is Cc1c(-c2nc3c(o2)CCN(C)C3)cccc1-c1cccc(-c2nc3cc(CN4CCCC4)ccc3o2)c1C. The van der Waals surface area contributed by atoms with Crippen molar-refractivity contribution >= 4 is 11.1 Å². The third-order valence-corrected chi connectivity index (χ3v) is 8.39. The Kier molecular flexibility index (Phi) is 6.09. The van der Waals surface area contributed by atoms with E-state index in [1.165, 1.54) is 42.6 Å². The van der Waals surface area contributed by atoms with Crippen LogP contribution in [-0.4, -0.2) is 46.4 Å². The van der Waals surface area contributed by atoms with Crippen LogP contribution in [0.25, 0.3) is 45.1 Å². The van der Waals surface area contributed by atoms with Crippen molar-refractivity contribution < 1.29 is 8.83 Å². The molecule has 2 aromatic heterocycles. The average Bonchev–Trinajstić information content (AvgIpc) is 3.68. The number of nitrogens with zero attached hydrogens (tertiary/aromatic N) is 4. The van der Waals surface area contributed by atoms with Crippen LogP contribution >= 0.6 is 0 Å². The van der Waals surface area contributed by atoms with Crippen LogP contribution in [0.2, 0.25) is 0 Å². The summed E-state index contributed by atoms with van der Waals surface area (Å²) in [7, 11) is 2.13. The van der Waals surface area contributed by atoms with Crippen molar-refractivity contribution in [1.82, 2.24) is 19.8 Å². The third-order valence-electron chi connectivity index (χ3n) is 8.39. The van der Waals surface area contributed by atoms with Gasteiger partial charge in [-0.1, -0.05) is 30.3 Å². The predicted molar refractivity (Wildman–Crippen MR) is 154 cm³/mol. The maximum Gasteiger partial charge on any atom is 0.227 e. The van der Waals surface area contributed by atoms with Crippen LogP contribution in [0.15, 0.2) is 63.4 Å². The minimum Gasteiger partial charge on any atom is -0.441 e. The van der Waals surface area contributed by atoms with E-state index < -0.39 is 0 Å². The zero-order valence-electron chi connectivity index (χ0n) is 23.0. The molecule has 0 bridgehead atoms. The topological polar surface area (TPSA) is 58.5 Å². The fraction of sp³-hybridized carbons (Fsp3) is 0.333. The number of likely N-dealkylation sites (tertiary alicyclic amines) is 1. The first-order valence-corrected chi connectivity index (χ1v) is 14.0. The van der Waals surface area contributed by atoms with Gasteiger partial charge in [-0.05, 0) is 98.9 Å². The van der Waals surface area contributed by atoms with Crippen molar-refractivity contribution in [2.24, 2.45) is 0 Å². The lowest BCUT2D eigenvalue weighted by molar-refractivity contribution is 0.292. The zero-order valence-corrected chi connectivity index (χ0v) is 23.0. The second kappa shape index (κ2) is 9.78. The highest BCUT2D eigenvalue weighted by molar-refractivity contribution is 5.83. The van der Waals surface area contributed by atoms with Gasteiger partial charge in [-0.25, -0.2) is 9.97 Å². The van der Waals surface area contributed by atoms with E-state index in [9.17, 15) is 0 Å². The number of benzene rings is 3. The summed E-state index contributed by atoms with van der Waals surface area (Å²) < 4.78 is 12.5. The predicted octanol–water partition coefficient (Wildman–Crippen LogP) is 7.02. The third kappa shape index (κ3) is 4.48. The lowest BCUT2D eigenvalue weighted by Crippen LogP contribution is -2.25. The maximum atomic E-state index is 6.28. The first-order chi connectivity index (χ1) is 19.0. The summed E-state index contributed by atoms with van der Waals surface area (Å²) in [6.45, 7) is 9.50. The number of aromatic nitrogens is 2. The molecule has 2 aliphatic heterocycles. The van der Waals surface area contributed by atoms with Crippen LogP contribution in [0.3, 0.4) is 0 Å². The monoisotopic (exact) mass is 518 g/mol. The van der Waals surface area contributed by atoms with Crippen molar-refractivity contribution in [1.29, 1.82) is 0 Å². The molecule has 0 saturated carbocycles. The van der Waals surface area contributed by atoms with Gasteiger partial charge in [-0.3, -0.25) is 9.80 Å². The molecule has 0 unspecified atom stereocenters. The molecule has 0 amide bonds. The van der Waals surface area contributed by atoms with Gasteiger partial charge < -0.3 is 8.83 Å². The molecule has 4 heterocycles. The Morgan fingerprint density at radius 2 is 1.44 bits per heavy atom. The van der Waals surface area contributed by atoms with E-state index in [0.29, 0.717) is 11.8 Å². The second-order valence-electron chi connectivity index (χ2n) is 11.1. The molecule has 39 heavy (non-hydrogen) atoms. The summed E-state index contributed by atoms with van der Waals surface area (Å²) in [6, 6.07) is 19.2. The van der Waals surface area contributed by atoms with E-state index in [1.54, 1.807) is 0 Å². The van der Waals surface area contributed by atoms with Crippen LogP contribution in [0.5, 0.6) is 0 Å². The summed E-state index contributed by atoms with van der Waals surface area (Å²) in [4.78, 5) is 14.6. The molecule has 0 N–H and O–H groups in total. The Morgan fingerprint density at radius 3 is 2.15 bits per heavy atom. The number of likely N-dealkylation sites (N-methyl/N-ethyl adjacent to an activating group) is 1. The maximum absolute atomic E-state index is 6.28. The minimum absolute atomic E-state index is 0.668. The van der Waals surface area contributed by atoms with Gasteiger partial charge in [0.15, 0.2) is 5.58 Å². The van der Waals surface area contributed by atoms with Crippen LogP contribution in [0.1, 0.15) is 41.0 Å². The van der Waals surface area contributed by atoms with Gasteiger partial charge >= 0.3 is 0 Å². The van der Waals surface area contributed by atoms with Gasteiger partial charge in [0, 0.05) is 37.2 Å². The van der Waals surface area contributed by atoms with Crippen molar-refractivity contribution in [3.8, 4) is 34.0 Å². The van der Waals surface area contributed by atoms with Crippen LogP contribution in [0, 0.1) is 13.8 Å². The number of fused-ring (bicyclic) bond motifs is 2. The highest BCUT2D eigenvalue weighted by Gasteiger charge is 2.23. The average molecular weight is 519 g/mol. The Hall–Kier alpha value is -3.74. The molecule has 0 aliphatic carbocycles. The van der Waals surface area contributed by atoms with E-state index in [4.69, 9.17) is 18.8 Å². The van der Waals surface area contributed by atoms with Gasteiger partial charge in [-0.2, -0.15) is 0 Å². The standard InChI is InChI=1S/C33H34N4O2/c1-21-24(25-9-7-11-27(22(25)2)33-35-29-20-36(3)17-14-31(29)39-33)8-6-10-26(21)32-34-28-18-23(12-13-30(28)38-32)19-37-15-4-5-16-37/h6-13,18H,4-5,14-17,19-20H2,1-3H3. The highest BCUT2D eigenvalue weighted by Crippen LogP contribution is 2.38. The molecule has 0 atom stereocenters. The second-order valence-corrected chi connectivity index (χ2v) is 11.1. The van der Waals surface area contributed by atoms with Crippen LogP contribution in [0.4, 0.5) is 0 Å². The van der Waals surface area contributed by atoms with Gasteiger partial charge in [0.25, 0.3) is 0 Å². The van der Waals surface area contributed by atoms with Crippen LogP contribution in [-0.2, 0) is 19.5 Å². The lowest BCUT2D eigenvalue weighted by Gasteiger charge is -2.19. The number of oxazole rings is 2. The Balaban J connectivity index is 1.23. The van der Waals surface area contributed by atoms with Gasteiger partial charge in [0.1, 0.15) is 11.3 Å². The first-order valence-electron chi connectivity index (χ1n) is 14.0. The molecule has 2 aliphatic rings. The van der Waals surface area contributed by atoms with Gasteiger partial charge in [0.2, 0.25) is 11.8 Å². The van der Waals surface area contributed by atoms with Gasteiger partial charge in [-0.15, -0.1) is 0 Å². The number of hydrogen-bond donors (Lipinski definition) is 0. The molecule has 7 rings (SSSR count). The summed E-state index contributed by atoms with van der Waals surface area (Å²) in [5.41, 5.74) is 10.8. The van der Waals surface area contributed by atoms with Crippen molar-refractivity contribution in [2.75, 3.05) is 26.7 Å². The van der Waals surface area contributed by atoms with E-state index in [1.807, 2.05) is 0 Å². The molecule has 6 heteroatoms. The van der Waals surface area contributed by atoms with E-state index in [2.05, 4.69) is 85.3 Å². The lowest BCUT2D eigenvalue weighted by atomic mass is 9.91. The van der Waals surface area contributed by atoms with E-state index in [0.717, 1.165) is 70.9 Å². The van der Waals surface area contributed by atoms with Crippen molar-refractivity contribution in [3.05, 3.63) is 82.7 Å². The number of hydrogen-bond acceptors (Lipinski definition) is 6. The normalized spacial score (nSPS) is 16.3. The van der Waals surface area contributed by atoms with E-state index >= 15 is 0 Å². The van der Waals surface area contributed by atoms with E-state index in [-0.39, 0.29) is 0 Å². The van der Waals surface area contributed by atoms with Crippen molar-refractivity contribution in [3.63, 3.8) is 0 Å². The minimum atomic E-state index is 0.668. The Morgan fingerprint density at radius 1 is 0.769 bits per heavy atom. The summed E-state index contributed by atoms with van der Waals surface area (Å²) >= 11 is 0. The Labute approximate surface area is 229 Å². The summed E-state index contributed by atoms with van der Waals surface area (Å²) in [5, 5.41) is 0. The molecule has 6 nitrogen and oxygen atoms in total. The molecule has 0 radical (unpaired) electrons. The Bertz CT molecular complexity index is 1670. The molecular weight excluding hydrogens is 484 g/mol. The summed E-state index contributed by atoms with van der Waals surface area (Å²) in [6.07, 6.45) is 3.50. The van der Waals surface area contributed by atoms with Crippen LogP contribution < -0.4 is 0 Å². The quantitative estimate of drug-likeness (QED) is 0.249. The summed E-state index contributed by atoms with van der Waals surface area (Å²) in [5.74, 6) is 2.40. The largest absolute Gasteiger partial charge is 0.441 e. The molecule has 1 saturated heterocycles. The molecular formula is C33H34N4O2. The van der Waals surface area contributed by atoms with Gasteiger partial charge in [0.05, 0.1) is 5.69 Å². The number of rotatable bonds is 5. The molecule has 0 spiro atoms. The molecule has 5 aromatic rings. The molecule has 3 aromatic carbocycles. The zero-order chi connectivity index (χ0) is 26.5. The fourth-order valence-corrected chi connectivity index (χ4v) is 6.15. The van der Waals surface area contributed by atoms with Crippen molar-refractivity contribution in [2.45, 2.75) is 46.2 Å². The molecule has 1 fully saturated rings. The first kappa shape index (κ1) is 24.3. The molecule has 198 valence electrons. The highest BCUT2D eigenvalue weighted by atomic mass is 16.4.